The average molecular weight is 491 g/mol. The van der Waals surface area contributed by atoms with Crippen molar-refractivity contribution < 1.29 is 22.7 Å². The highest BCUT2D eigenvalue weighted by Crippen LogP contribution is 2.37. The first-order chi connectivity index (χ1) is 16.8. The van der Waals surface area contributed by atoms with Crippen LogP contribution >= 0.6 is 0 Å². The number of halogens is 3. The van der Waals surface area contributed by atoms with Gasteiger partial charge in [-0.2, -0.15) is 18.3 Å². The highest BCUT2D eigenvalue weighted by atomic mass is 19.4. The third-order valence-corrected chi connectivity index (χ3v) is 7.64. The van der Waals surface area contributed by atoms with Crippen molar-refractivity contribution in [1.82, 2.24) is 25.9 Å². The summed E-state index contributed by atoms with van der Waals surface area (Å²) in [5.41, 5.74) is -0.228. The van der Waals surface area contributed by atoms with Crippen LogP contribution in [0.15, 0.2) is 41.5 Å². The fraction of sp³-hybridized carbons (Fsp3) is 0.583. The molecule has 0 aromatic heterocycles. The molecule has 3 N–H and O–H groups in total. The Morgan fingerprint density at radius 2 is 2.06 bits per heavy atom. The molecule has 5 aliphatic heterocycles. The van der Waals surface area contributed by atoms with Crippen LogP contribution in [-0.2, 0) is 15.7 Å². The Bertz CT molecular complexity index is 1050. The second kappa shape index (κ2) is 8.58. The molecular formula is C24H29F3N6O2. The summed E-state index contributed by atoms with van der Waals surface area (Å²) in [6, 6.07) is 4.90. The van der Waals surface area contributed by atoms with E-state index >= 15 is 0 Å². The molecular weight excluding hydrogens is 461 g/mol. The van der Waals surface area contributed by atoms with E-state index in [2.05, 4.69) is 38.1 Å². The maximum Gasteiger partial charge on any atom is 0.417 e. The fourth-order valence-electron chi connectivity index (χ4n) is 5.67. The van der Waals surface area contributed by atoms with Crippen molar-refractivity contribution in [3.05, 3.63) is 47.5 Å². The van der Waals surface area contributed by atoms with Gasteiger partial charge in [-0.1, -0.05) is 30.4 Å². The standard InChI is InChI=1S/C24H29F3N6O2/c25-24(26,27)16-5-2-1-4-15(16)17-8-9-20-28-12-18(33(20)31-17)22(34)30-19-6-3-7-21(29-19)32-13-23(14-32)10-11-35-23/h1-5,7,18-21,28-29H,6,8-14H2,(H,30,34). The zero-order valence-electron chi connectivity index (χ0n) is 19.2. The van der Waals surface area contributed by atoms with E-state index in [9.17, 15) is 18.0 Å². The van der Waals surface area contributed by atoms with Crippen molar-refractivity contribution in [2.75, 3.05) is 26.2 Å². The smallest absolute Gasteiger partial charge is 0.372 e. The van der Waals surface area contributed by atoms with Crippen LogP contribution < -0.4 is 16.0 Å². The third kappa shape index (κ3) is 4.24. The average Bonchev–Trinajstić information content (AvgIpc) is 3.20. The molecule has 1 aromatic carbocycles. The largest absolute Gasteiger partial charge is 0.417 e. The molecule has 8 nitrogen and oxygen atoms in total. The predicted octanol–water partition coefficient (Wildman–Crippen LogP) is 1.60. The Hall–Kier alpha value is -2.47. The molecule has 1 aromatic rings. The van der Waals surface area contributed by atoms with Crippen LogP contribution in [0.4, 0.5) is 13.2 Å². The van der Waals surface area contributed by atoms with Crippen molar-refractivity contribution in [3.8, 4) is 0 Å². The maximum atomic E-state index is 13.6. The van der Waals surface area contributed by atoms with Gasteiger partial charge in [0.1, 0.15) is 6.04 Å². The topological polar surface area (TPSA) is 81.2 Å². The summed E-state index contributed by atoms with van der Waals surface area (Å²) in [6.45, 7) is 2.99. The number of hydrogen-bond acceptors (Lipinski definition) is 7. The third-order valence-electron chi connectivity index (χ3n) is 7.64. The van der Waals surface area contributed by atoms with Crippen molar-refractivity contribution in [2.24, 2.45) is 5.10 Å². The van der Waals surface area contributed by atoms with Gasteiger partial charge in [-0.05, 0) is 25.3 Å². The minimum atomic E-state index is -4.46. The Morgan fingerprint density at radius 1 is 1.26 bits per heavy atom. The number of alkyl halides is 3. The number of nitrogens with zero attached hydrogens (tertiary/aromatic N) is 3. The van der Waals surface area contributed by atoms with E-state index in [0.29, 0.717) is 31.5 Å². The molecule has 0 saturated carbocycles. The molecule has 3 fully saturated rings. The monoisotopic (exact) mass is 490 g/mol. The van der Waals surface area contributed by atoms with E-state index in [-0.39, 0.29) is 35.6 Å². The summed E-state index contributed by atoms with van der Waals surface area (Å²) in [6.07, 6.45) is 2.11. The van der Waals surface area contributed by atoms with Gasteiger partial charge in [-0.3, -0.25) is 25.3 Å². The van der Waals surface area contributed by atoms with Gasteiger partial charge in [0.05, 0.1) is 42.0 Å². The van der Waals surface area contributed by atoms with Crippen molar-refractivity contribution in [2.45, 2.75) is 62.0 Å². The lowest BCUT2D eigenvalue weighted by molar-refractivity contribution is -0.229. The first-order valence-corrected chi connectivity index (χ1v) is 12.2. The predicted molar refractivity (Wildman–Crippen MR) is 122 cm³/mol. The second-order valence-corrected chi connectivity index (χ2v) is 9.97. The molecule has 4 atom stereocenters. The Kier molecular flexibility index (Phi) is 5.63. The summed E-state index contributed by atoms with van der Waals surface area (Å²) >= 11 is 0. The number of benzene rings is 1. The number of hydrogen-bond donors (Lipinski definition) is 3. The molecule has 11 heteroatoms. The normalized spacial score (nSPS) is 32.0. The van der Waals surface area contributed by atoms with Gasteiger partial charge in [-0.25, -0.2) is 0 Å². The zero-order chi connectivity index (χ0) is 24.2. The van der Waals surface area contributed by atoms with E-state index in [0.717, 1.165) is 32.2 Å². The molecule has 0 bridgehead atoms. The minimum absolute atomic E-state index is 0.0327. The molecule has 6 rings (SSSR count). The van der Waals surface area contributed by atoms with Gasteiger partial charge >= 0.3 is 6.18 Å². The molecule has 5 aliphatic rings. The van der Waals surface area contributed by atoms with Crippen LogP contribution in [-0.4, -0.2) is 77.9 Å². The van der Waals surface area contributed by atoms with Gasteiger partial charge in [0.25, 0.3) is 0 Å². The van der Waals surface area contributed by atoms with Gasteiger partial charge in [0.15, 0.2) is 0 Å². The number of carbonyl (C=O) groups is 1. The molecule has 5 heterocycles. The minimum Gasteiger partial charge on any atom is -0.372 e. The lowest BCUT2D eigenvalue weighted by Crippen LogP contribution is -2.73. The molecule has 0 radical (unpaired) electrons. The van der Waals surface area contributed by atoms with E-state index < -0.39 is 17.8 Å². The number of carbonyl (C=O) groups excluding carboxylic acids is 1. The van der Waals surface area contributed by atoms with Crippen molar-refractivity contribution in [1.29, 1.82) is 0 Å². The highest BCUT2D eigenvalue weighted by molar-refractivity contribution is 6.02. The molecule has 0 aliphatic carbocycles. The van der Waals surface area contributed by atoms with Gasteiger partial charge in [-0.15, -0.1) is 0 Å². The Labute approximate surface area is 201 Å². The van der Waals surface area contributed by atoms with E-state index in [1.165, 1.54) is 12.1 Å². The number of rotatable bonds is 4. The molecule has 1 spiro atoms. The molecule has 3 saturated heterocycles. The van der Waals surface area contributed by atoms with Crippen LogP contribution in [0, 0.1) is 0 Å². The van der Waals surface area contributed by atoms with Crippen LogP contribution in [0.1, 0.15) is 36.8 Å². The lowest BCUT2D eigenvalue weighted by Gasteiger charge is -2.57. The lowest BCUT2D eigenvalue weighted by atomic mass is 9.85. The number of amides is 1. The van der Waals surface area contributed by atoms with E-state index in [4.69, 9.17) is 4.74 Å². The van der Waals surface area contributed by atoms with E-state index in [1.807, 2.05) is 0 Å². The van der Waals surface area contributed by atoms with Crippen molar-refractivity contribution >= 4 is 11.6 Å². The summed E-state index contributed by atoms with van der Waals surface area (Å²) in [7, 11) is 0. The quantitative estimate of drug-likeness (QED) is 0.557. The summed E-state index contributed by atoms with van der Waals surface area (Å²) in [5.74, 6) is -0.192. The zero-order valence-corrected chi connectivity index (χ0v) is 19.2. The summed E-state index contributed by atoms with van der Waals surface area (Å²) in [5, 5.41) is 16.0. The Balaban J connectivity index is 1.13. The molecule has 4 unspecified atom stereocenters. The van der Waals surface area contributed by atoms with Gasteiger partial charge in [0.2, 0.25) is 5.91 Å². The van der Waals surface area contributed by atoms with Crippen LogP contribution in [0.25, 0.3) is 0 Å². The number of likely N-dealkylation sites (tertiary alicyclic amines) is 1. The fourth-order valence-corrected chi connectivity index (χ4v) is 5.67. The molecule has 1 amide bonds. The number of hydrazone groups is 1. The summed E-state index contributed by atoms with van der Waals surface area (Å²) < 4.78 is 46.4. The molecule has 188 valence electrons. The second-order valence-electron chi connectivity index (χ2n) is 9.97. The van der Waals surface area contributed by atoms with Crippen LogP contribution in [0.2, 0.25) is 0 Å². The highest BCUT2D eigenvalue weighted by Gasteiger charge is 2.51. The molecule has 35 heavy (non-hydrogen) atoms. The Morgan fingerprint density at radius 3 is 2.80 bits per heavy atom. The van der Waals surface area contributed by atoms with Gasteiger partial charge < -0.3 is 10.1 Å². The number of ether oxygens (including phenoxy) is 1. The van der Waals surface area contributed by atoms with Crippen molar-refractivity contribution in [3.63, 3.8) is 0 Å². The first-order valence-electron chi connectivity index (χ1n) is 12.2. The summed E-state index contributed by atoms with van der Waals surface area (Å²) in [4.78, 5) is 15.5. The van der Waals surface area contributed by atoms with Crippen LogP contribution in [0.5, 0.6) is 0 Å². The number of nitrogens with one attached hydrogen (secondary N) is 3. The number of fused-ring (bicyclic) bond motifs is 1. The SMILES string of the molecule is O=C(NC1CC=CC(N2CC3(CCO3)C2)N1)C1CNC2CCC(c3ccccc3C(F)(F)F)=NN21. The first kappa shape index (κ1) is 23.0. The maximum absolute atomic E-state index is 13.6. The van der Waals surface area contributed by atoms with Gasteiger partial charge in [0, 0.05) is 31.6 Å². The van der Waals surface area contributed by atoms with E-state index in [1.54, 1.807) is 11.1 Å². The van der Waals surface area contributed by atoms with Crippen LogP contribution in [0.3, 0.4) is 0 Å².